The Balaban J connectivity index is 1.09. The summed E-state index contributed by atoms with van der Waals surface area (Å²) in [5.41, 5.74) is 11.2. The molecule has 8 aromatic carbocycles. The highest BCUT2D eigenvalue weighted by atomic mass is 16.5. The third-order valence-electron chi connectivity index (χ3n) is 9.97. The van der Waals surface area contributed by atoms with Crippen LogP contribution in [0.5, 0.6) is 5.75 Å². The maximum Gasteiger partial charge on any atom is 0.135 e. The third-order valence-corrected chi connectivity index (χ3v) is 9.97. The third kappa shape index (κ3) is 4.84. The fraction of sp³-hybridized carbons (Fsp3) is 0.0213. The maximum absolute atomic E-state index is 6.20. The van der Waals surface area contributed by atoms with Gasteiger partial charge < -0.3 is 18.5 Å². The molecule has 10 aromatic rings. The minimum atomic E-state index is 0.870. The number of furan rings is 2. The van der Waals surface area contributed by atoms with Crippen LogP contribution in [0.4, 0.5) is 17.1 Å². The van der Waals surface area contributed by atoms with Crippen molar-refractivity contribution in [3.63, 3.8) is 0 Å². The molecule has 2 heterocycles. The highest BCUT2D eigenvalue weighted by Crippen LogP contribution is 2.42. The van der Waals surface area contributed by atoms with E-state index >= 15 is 0 Å². The minimum Gasteiger partial charge on any atom is -0.496 e. The Hall–Kier alpha value is -6.78. The lowest BCUT2D eigenvalue weighted by atomic mass is 9.94. The molecule has 4 heteroatoms. The number of rotatable bonds is 6. The maximum atomic E-state index is 6.20. The summed E-state index contributed by atoms with van der Waals surface area (Å²) in [7, 11) is 1.72. The molecule has 0 spiro atoms. The lowest BCUT2D eigenvalue weighted by molar-refractivity contribution is 0.416. The first-order chi connectivity index (χ1) is 25.2. The van der Waals surface area contributed by atoms with Gasteiger partial charge in [-0.2, -0.15) is 0 Å². The van der Waals surface area contributed by atoms with E-state index in [-0.39, 0.29) is 0 Å². The van der Waals surface area contributed by atoms with Crippen LogP contribution in [0.15, 0.2) is 179 Å². The van der Waals surface area contributed by atoms with E-state index in [0.29, 0.717) is 0 Å². The van der Waals surface area contributed by atoms with E-state index in [2.05, 4.69) is 138 Å². The molecule has 0 aliphatic rings. The quantitative estimate of drug-likeness (QED) is 0.178. The molecule has 0 bridgehead atoms. The Bertz CT molecular complexity index is 2800. The summed E-state index contributed by atoms with van der Waals surface area (Å²) in [5, 5.41) is 6.75. The van der Waals surface area contributed by atoms with Gasteiger partial charge in [-0.3, -0.25) is 0 Å². The zero-order valence-corrected chi connectivity index (χ0v) is 27.8. The predicted octanol–water partition coefficient (Wildman–Crippen LogP) is 13.5. The van der Waals surface area contributed by atoms with Gasteiger partial charge >= 0.3 is 0 Å². The van der Waals surface area contributed by atoms with Crippen LogP contribution in [0.2, 0.25) is 0 Å². The van der Waals surface area contributed by atoms with Gasteiger partial charge in [0.05, 0.1) is 7.11 Å². The second-order valence-corrected chi connectivity index (χ2v) is 12.9. The van der Waals surface area contributed by atoms with E-state index < -0.39 is 0 Å². The zero-order chi connectivity index (χ0) is 33.9. The van der Waals surface area contributed by atoms with E-state index in [4.69, 9.17) is 13.6 Å². The summed E-state index contributed by atoms with van der Waals surface area (Å²) in [6.45, 7) is 0. The van der Waals surface area contributed by atoms with E-state index in [1.807, 2.05) is 36.4 Å². The molecular formula is C47H31NO3. The van der Waals surface area contributed by atoms with Crippen LogP contribution in [0.1, 0.15) is 0 Å². The highest BCUT2D eigenvalue weighted by molar-refractivity contribution is 6.08. The van der Waals surface area contributed by atoms with Crippen LogP contribution in [0.25, 0.3) is 76.9 Å². The molecule has 0 radical (unpaired) electrons. The normalized spacial score (nSPS) is 11.6. The van der Waals surface area contributed by atoms with Crippen molar-refractivity contribution in [2.24, 2.45) is 0 Å². The van der Waals surface area contributed by atoms with Crippen LogP contribution < -0.4 is 9.64 Å². The van der Waals surface area contributed by atoms with Gasteiger partial charge in [0.25, 0.3) is 0 Å². The lowest BCUT2D eigenvalue weighted by Crippen LogP contribution is -2.09. The van der Waals surface area contributed by atoms with Crippen molar-refractivity contribution in [2.75, 3.05) is 12.0 Å². The molecule has 51 heavy (non-hydrogen) atoms. The fourth-order valence-electron chi connectivity index (χ4n) is 7.52. The summed E-state index contributed by atoms with van der Waals surface area (Å²) < 4.78 is 18.1. The summed E-state index contributed by atoms with van der Waals surface area (Å²) in [6.07, 6.45) is 0. The van der Waals surface area contributed by atoms with E-state index in [0.717, 1.165) is 88.9 Å². The van der Waals surface area contributed by atoms with Crippen LogP contribution in [-0.2, 0) is 0 Å². The van der Waals surface area contributed by atoms with Crippen LogP contribution >= 0.6 is 0 Å². The number of hydrogen-bond donors (Lipinski definition) is 0. The second-order valence-electron chi connectivity index (χ2n) is 12.9. The Kier molecular flexibility index (Phi) is 6.68. The average molecular weight is 658 g/mol. The van der Waals surface area contributed by atoms with E-state index in [1.54, 1.807) is 7.11 Å². The topological polar surface area (TPSA) is 38.8 Å². The number of ether oxygens (including phenoxy) is 1. The molecule has 242 valence electrons. The number of anilines is 3. The smallest absolute Gasteiger partial charge is 0.135 e. The average Bonchev–Trinajstić information content (AvgIpc) is 3.76. The van der Waals surface area contributed by atoms with E-state index in [9.17, 15) is 0 Å². The Labute approximate surface area is 294 Å². The van der Waals surface area contributed by atoms with Gasteiger partial charge in [-0.25, -0.2) is 0 Å². The van der Waals surface area contributed by atoms with Crippen LogP contribution in [0, 0.1) is 0 Å². The molecule has 0 aliphatic carbocycles. The Morgan fingerprint density at radius 3 is 1.61 bits per heavy atom. The molecule has 0 aliphatic heterocycles. The van der Waals surface area contributed by atoms with Crippen molar-refractivity contribution < 1.29 is 13.6 Å². The number of nitrogens with zero attached hydrogens (tertiary/aromatic N) is 1. The first-order valence-electron chi connectivity index (χ1n) is 17.1. The van der Waals surface area contributed by atoms with Gasteiger partial charge in [0.1, 0.15) is 28.1 Å². The molecule has 4 nitrogen and oxygen atoms in total. The number of benzene rings is 8. The fourth-order valence-corrected chi connectivity index (χ4v) is 7.52. The first-order valence-corrected chi connectivity index (χ1v) is 17.1. The van der Waals surface area contributed by atoms with Gasteiger partial charge in [-0.1, -0.05) is 97.1 Å². The number of fused-ring (bicyclic) bond motifs is 7. The van der Waals surface area contributed by atoms with Crippen molar-refractivity contribution in [1.29, 1.82) is 0 Å². The lowest BCUT2D eigenvalue weighted by Gasteiger charge is -2.26. The summed E-state index contributed by atoms with van der Waals surface area (Å²) in [6, 6.07) is 59.5. The van der Waals surface area contributed by atoms with E-state index in [1.165, 1.54) is 10.8 Å². The molecule has 0 N–H and O–H groups in total. The van der Waals surface area contributed by atoms with Crippen molar-refractivity contribution in [1.82, 2.24) is 0 Å². The molecule has 0 unspecified atom stereocenters. The summed E-state index contributed by atoms with van der Waals surface area (Å²) >= 11 is 0. The molecule has 0 saturated carbocycles. The molecule has 0 fully saturated rings. The summed E-state index contributed by atoms with van der Waals surface area (Å²) in [4.78, 5) is 2.31. The SMILES string of the molecule is COc1ccccc1-c1cccc2cc(-c3ccc(N(c4ccc5oc6ccccc6c5c4)c4ccc5oc6ccccc6c5c4)cc3)ccc12. The van der Waals surface area contributed by atoms with Gasteiger partial charge in [-0.15, -0.1) is 0 Å². The van der Waals surface area contributed by atoms with Crippen LogP contribution in [-0.4, -0.2) is 7.11 Å². The Morgan fingerprint density at radius 1 is 0.392 bits per heavy atom. The molecule has 0 saturated heterocycles. The molecule has 0 amide bonds. The van der Waals surface area contributed by atoms with Crippen molar-refractivity contribution in [3.8, 4) is 28.0 Å². The number of methoxy groups -OCH3 is 1. The number of hydrogen-bond acceptors (Lipinski definition) is 4. The molecular weight excluding hydrogens is 627 g/mol. The first kappa shape index (κ1) is 29.2. The molecule has 10 rings (SSSR count). The largest absolute Gasteiger partial charge is 0.496 e. The molecule has 0 atom stereocenters. The van der Waals surface area contributed by atoms with Gasteiger partial charge in [-0.05, 0) is 100 Å². The second kappa shape index (κ2) is 11.7. The molecule has 2 aromatic heterocycles. The van der Waals surface area contributed by atoms with Gasteiger partial charge in [0.15, 0.2) is 0 Å². The standard InChI is InChI=1S/C47H31NO3/c1-49-43-14-5-2-10-38(43)37-13-8-9-32-27-31(19-24-36(32)37)30-17-20-33(21-18-30)48(34-22-25-46-41(28-34)39-11-3-6-15-44(39)50-46)35-23-26-47-42(29-35)40-12-4-7-16-45(40)51-47/h2-29H,1H3. The number of para-hydroxylation sites is 3. The monoisotopic (exact) mass is 657 g/mol. The van der Waals surface area contributed by atoms with Crippen molar-refractivity contribution >= 4 is 71.7 Å². The predicted molar refractivity (Wildman–Crippen MR) is 211 cm³/mol. The van der Waals surface area contributed by atoms with Gasteiger partial charge in [0, 0.05) is 44.2 Å². The Morgan fingerprint density at radius 2 is 0.941 bits per heavy atom. The van der Waals surface area contributed by atoms with Crippen molar-refractivity contribution in [2.45, 2.75) is 0 Å². The zero-order valence-electron chi connectivity index (χ0n) is 27.8. The van der Waals surface area contributed by atoms with Crippen molar-refractivity contribution in [3.05, 3.63) is 170 Å². The minimum absolute atomic E-state index is 0.870. The van der Waals surface area contributed by atoms with Gasteiger partial charge in [0.2, 0.25) is 0 Å². The summed E-state index contributed by atoms with van der Waals surface area (Å²) in [5.74, 6) is 0.870. The highest BCUT2D eigenvalue weighted by Gasteiger charge is 2.18. The van der Waals surface area contributed by atoms with Crippen LogP contribution in [0.3, 0.4) is 0 Å².